The molecule has 3 heterocycles. The van der Waals surface area contributed by atoms with Gasteiger partial charge in [0.1, 0.15) is 5.52 Å². The molecule has 3 rings (SSSR count). The average molecular weight is 233 g/mol. The van der Waals surface area contributed by atoms with E-state index >= 15 is 0 Å². The minimum Gasteiger partial charge on any atom is -0.368 e. The van der Waals surface area contributed by atoms with Gasteiger partial charge in [0.2, 0.25) is 11.9 Å². The van der Waals surface area contributed by atoms with Gasteiger partial charge in [0, 0.05) is 19.0 Å². The molecule has 0 saturated carbocycles. The lowest BCUT2D eigenvalue weighted by Crippen LogP contribution is -2.29. The van der Waals surface area contributed by atoms with Gasteiger partial charge in [-0.2, -0.15) is 9.97 Å². The summed E-state index contributed by atoms with van der Waals surface area (Å²) in [4.78, 5) is 28.2. The van der Waals surface area contributed by atoms with Crippen LogP contribution in [0, 0.1) is 0 Å². The molecular formula is C9H11N7O. The topological polar surface area (TPSA) is 127 Å². The number of nitrogens with two attached hydrogens (primary N) is 2. The van der Waals surface area contributed by atoms with Crippen LogP contribution in [-0.4, -0.2) is 38.4 Å². The first-order chi connectivity index (χ1) is 8.15. The highest BCUT2D eigenvalue weighted by Gasteiger charge is 2.31. The smallest absolute Gasteiger partial charge is 0.229 e. The van der Waals surface area contributed by atoms with Gasteiger partial charge in [0.15, 0.2) is 11.5 Å². The molecule has 8 heteroatoms. The number of anilines is 2. The van der Waals surface area contributed by atoms with Crippen molar-refractivity contribution in [3.8, 4) is 0 Å². The molecule has 1 aliphatic rings. The van der Waals surface area contributed by atoms with Gasteiger partial charge in [0.25, 0.3) is 0 Å². The highest BCUT2D eigenvalue weighted by molar-refractivity contribution is 6.01. The lowest BCUT2D eigenvalue weighted by Gasteiger charge is -2.15. The maximum Gasteiger partial charge on any atom is 0.229 e. The summed E-state index contributed by atoms with van der Waals surface area (Å²) in [6.45, 7) is 0.434. The second kappa shape index (κ2) is 3.39. The van der Waals surface area contributed by atoms with Crippen molar-refractivity contribution in [2.24, 2.45) is 5.73 Å². The molecule has 1 fully saturated rings. The molecule has 0 aromatic carbocycles. The first-order valence-corrected chi connectivity index (χ1v) is 5.17. The van der Waals surface area contributed by atoms with Crippen LogP contribution in [0.4, 0.5) is 11.8 Å². The molecule has 1 unspecified atom stereocenters. The molecule has 1 atom stereocenters. The van der Waals surface area contributed by atoms with Crippen molar-refractivity contribution < 1.29 is 4.79 Å². The molecule has 0 radical (unpaired) electrons. The lowest BCUT2D eigenvalue weighted by molar-refractivity contribution is -0.117. The molecule has 8 nitrogen and oxygen atoms in total. The highest BCUT2D eigenvalue weighted by Crippen LogP contribution is 2.25. The Morgan fingerprint density at radius 3 is 3.00 bits per heavy atom. The maximum atomic E-state index is 11.8. The quantitative estimate of drug-likeness (QED) is 0.579. The Morgan fingerprint density at radius 1 is 1.47 bits per heavy atom. The molecule has 5 N–H and O–H groups in total. The highest BCUT2D eigenvalue weighted by atomic mass is 16.2. The minimum absolute atomic E-state index is 0.0634. The van der Waals surface area contributed by atoms with E-state index in [1.54, 1.807) is 0 Å². The lowest BCUT2D eigenvalue weighted by atomic mass is 10.3. The van der Waals surface area contributed by atoms with Gasteiger partial charge in [-0.3, -0.25) is 9.69 Å². The Bertz CT molecular complexity index is 592. The van der Waals surface area contributed by atoms with Crippen molar-refractivity contribution in [2.45, 2.75) is 12.5 Å². The summed E-state index contributed by atoms with van der Waals surface area (Å²) < 4.78 is 0. The zero-order valence-electron chi connectivity index (χ0n) is 8.92. The number of hydrogen-bond donors (Lipinski definition) is 3. The predicted molar refractivity (Wildman–Crippen MR) is 61.0 cm³/mol. The van der Waals surface area contributed by atoms with E-state index in [0.29, 0.717) is 29.9 Å². The van der Waals surface area contributed by atoms with Crippen LogP contribution in [-0.2, 0) is 4.79 Å². The van der Waals surface area contributed by atoms with Crippen LogP contribution in [0.3, 0.4) is 0 Å². The van der Waals surface area contributed by atoms with Crippen molar-refractivity contribution in [1.29, 1.82) is 0 Å². The summed E-state index contributed by atoms with van der Waals surface area (Å²) in [7, 11) is 0. The number of nitrogens with one attached hydrogen (secondary N) is 1. The zero-order chi connectivity index (χ0) is 12.0. The molecule has 88 valence electrons. The summed E-state index contributed by atoms with van der Waals surface area (Å²) in [5, 5.41) is 0. The van der Waals surface area contributed by atoms with Crippen molar-refractivity contribution in [1.82, 2.24) is 19.9 Å². The monoisotopic (exact) mass is 233 g/mol. The fourth-order valence-corrected chi connectivity index (χ4v) is 1.97. The minimum atomic E-state index is -0.170. The summed E-state index contributed by atoms with van der Waals surface area (Å²) >= 11 is 0. The number of imidazole rings is 1. The third kappa shape index (κ3) is 1.49. The Kier molecular flexibility index (Phi) is 1.99. The third-order valence-electron chi connectivity index (χ3n) is 2.69. The van der Waals surface area contributed by atoms with Gasteiger partial charge in [-0.1, -0.05) is 0 Å². The number of nitrogen functional groups attached to an aromatic ring is 1. The van der Waals surface area contributed by atoms with Gasteiger partial charge in [0.05, 0.1) is 6.33 Å². The maximum absolute atomic E-state index is 11.8. The largest absolute Gasteiger partial charge is 0.368 e. The molecule has 2 aromatic heterocycles. The van der Waals surface area contributed by atoms with E-state index in [-0.39, 0.29) is 17.9 Å². The number of H-pyrrole nitrogens is 1. The van der Waals surface area contributed by atoms with Crippen molar-refractivity contribution >= 4 is 28.8 Å². The Labute approximate surface area is 96.0 Å². The first kappa shape index (κ1) is 9.97. The average Bonchev–Trinajstić information content (AvgIpc) is 2.83. The summed E-state index contributed by atoms with van der Waals surface area (Å²) in [6, 6.07) is -0.170. The van der Waals surface area contributed by atoms with E-state index in [4.69, 9.17) is 11.5 Å². The second-order valence-electron chi connectivity index (χ2n) is 3.98. The van der Waals surface area contributed by atoms with Crippen LogP contribution in [0.15, 0.2) is 6.33 Å². The fraction of sp³-hybridized carbons (Fsp3) is 0.333. The number of amides is 1. The van der Waals surface area contributed by atoms with E-state index in [2.05, 4.69) is 19.9 Å². The zero-order valence-corrected chi connectivity index (χ0v) is 8.92. The molecule has 1 amide bonds. The first-order valence-electron chi connectivity index (χ1n) is 5.17. The second-order valence-corrected chi connectivity index (χ2v) is 3.98. The van der Waals surface area contributed by atoms with Crippen LogP contribution in [0.1, 0.15) is 6.42 Å². The van der Waals surface area contributed by atoms with Gasteiger partial charge < -0.3 is 16.5 Å². The number of carbonyl (C=O) groups is 1. The summed E-state index contributed by atoms with van der Waals surface area (Å²) in [5.41, 5.74) is 12.4. The Morgan fingerprint density at radius 2 is 2.29 bits per heavy atom. The van der Waals surface area contributed by atoms with E-state index in [1.165, 1.54) is 11.2 Å². The van der Waals surface area contributed by atoms with Crippen LogP contribution in [0.25, 0.3) is 11.2 Å². The standard InChI is InChI=1S/C9H11N7O/c10-4-1-5(17)16(2-4)8-6-7(13-3-12-6)14-9(11)15-8/h3-4H,1-2,10H2,(H3,11,12,13,14,15). The van der Waals surface area contributed by atoms with Crippen LogP contribution >= 0.6 is 0 Å². The molecule has 2 aromatic rings. The molecule has 17 heavy (non-hydrogen) atoms. The SMILES string of the molecule is Nc1nc(N2CC(N)CC2=O)c2[nH]cnc2n1. The predicted octanol–water partition coefficient (Wildman–Crippen LogP) is -1.00. The van der Waals surface area contributed by atoms with Crippen LogP contribution in [0.5, 0.6) is 0 Å². The van der Waals surface area contributed by atoms with Crippen molar-refractivity contribution in [2.75, 3.05) is 17.2 Å². The van der Waals surface area contributed by atoms with Gasteiger partial charge in [-0.25, -0.2) is 4.98 Å². The van der Waals surface area contributed by atoms with Crippen LogP contribution < -0.4 is 16.4 Å². The molecular weight excluding hydrogens is 222 g/mol. The number of aromatic amines is 1. The number of carbonyl (C=O) groups excluding carboxylic acids is 1. The molecule has 1 aliphatic heterocycles. The van der Waals surface area contributed by atoms with Gasteiger partial charge in [-0.15, -0.1) is 0 Å². The molecule has 0 bridgehead atoms. The van der Waals surface area contributed by atoms with Crippen LogP contribution in [0.2, 0.25) is 0 Å². The number of fused-ring (bicyclic) bond motifs is 1. The number of rotatable bonds is 1. The molecule has 0 aliphatic carbocycles. The number of aromatic nitrogens is 4. The van der Waals surface area contributed by atoms with Gasteiger partial charge >= 0.3 is 0 Å². The summed E-state index contributed by atoms with van der Waals surface area (Å²) in [5.74, 6) is 0.474. The fourth-order valence-electron chi connectivity index (χ4n) is 1.97. The molecule has 1 saturated heterocycles. The van der Waals surface area contributed by atoms with Crippen molar-refractivity contribution in [3.05, 3.63) is 6.33 Å². The summed E-state index contributed by atoms with van der Waals surface area (Å²) in [6.07, 6.45) is 1.81. The Balaban J connectivity index is 2.16. The van der Waals surface area contributed by atoms with Crippen molar-refractivity contribution in [3.63, 3.8) is 0 Å². The number of hydrogen-bond acceptors (Lipinski definition) is 6. The van der Waals surface area contributed by atoms with E-state index < -0.39 is 0 Å². The Hall–Kier alpha value is -2.22. The normalized spacial score (nSPS) is 20.4. The third-order valence-corrected chi connectivity index (χ3v) is 2.69. The number of nitrogens with zero attached hydrogens (tertiary/aromatic N) is 4. The van der Waals surface area contributed by atoms with E-state index in [1.807, 2.05) is 0 Å². The molecule has 0 spiro atoms. The van der Waals surface area contributed by atoms with E-state index in [9.17, 15) is 4.79 Å². The van der Waals surface area contributed by atoms with Gasteiger partial charge in [-0.05, 0) is 0 Å². The van der Waals surface area contributed by atoms with E-state index in [0.717, 1.165) is 0 Å².